The highest BCUT2D eigenvalue weighted by Gasteiger charge is 2.24. The summed E-state index contributed by atoms with van der Waals surface area (Å²) in [7, 11) is -2.11. The standard InChI is InChI=1S/C19H20N4O4S3/c1-10(16(24)21-11-6-8-12(9-7-11)30(20,26)27)28-19-22-17-15(18(25)23(19)2)13-4-3-5-14(13)29-17/h6-10H,3-5H2,1-2H3,(H,21,24)(H2,20,26,27). The highest BCUT2D eigenvalue weighted by Crippen LogP contribution is 2.35. The number of thioether (sulfide) groups is 1. The lowest BCUT2D eigenvalue weighted by Crippen LogP contribution is -2.25. The summed E-state index contributed by atoms with van der Waals surface area (Å²) in [4.78, 5) is 32.1. The number of anilines is 1. The van der Waals surface area contributed by atoms with Crippen LogP contribution in [0.1, 0.15) is 23.8 Å². The van der Waals surface area contributed by atoms with E-state index in [1.54, 1.807) is 25.3 Å². The zero-order chi connectivity index (χ0) is 21.6. The van der Waals surface area contributed by atoms with E-state index in [2.05, 4.69) is 10.3 Å². The number of thiophene rings is 1. The van der Waals surface area contributed by atoms with Crippen molar-refractivity contribution in [2.75, 3.05) is 5.32 Å². The fraction of sp³-hybridized carbons (Fsp3) is 0.316. The maximum atomic E-state index is 12.9. The van der Waals surface area contributed by atoms with Gasteiger partial charge in [0.25, 0.3) is 5.56 Å². The number of aryl methyl sites for hydroxylation is 2. The lowest BCUT2D eigenvalue weighted by Gasteiger charge is -2.14. The van der Waals surface area contributed by atoms with E-state index < -0.39 is 15.3 Å². The minimum absolute atomic E-state index is 0.0294. The Morgan fingerprint density at radius 2 is 2.00 bits per heavy atom. The smallest absolute Gasteiger partial charge is 0.262 e. The third-order valence-corrected chi connectivity index (χ3v) is 8.27. The summed E-state index contributed by atoms with van der Waals surface area (Å²) in [5.41, 5.74) is 1.51. The van der Waals surface area contributed by atoms with Gasteiger partial charge in [-0.1, -0.05) is 11.8 Å². The van der Waals surface area contributed by atoms with Gasteiger partial charge in [-0.15, -0.1) is 11.3 Å². The second kappa shape index (κ2) is 7.80. The molecule has 1 atom stereocenters. The van der Waals surface area contributed by atoms with E-state index in [0.29, 0.717) is 16.2 Å². The number of aromatic nitrogens is 2. The molecule has 0 aliphatic heterocycles. The minimum Gasteiger partial charge on any atom is -0.325 e. The molecule has 2 aromatic heterocycles. The van der Waals surface area contributed by atoms with Crippen LogP contribution >= 0.6 is 23.1 Å². The molecule has 11 heteroatoms. The molecule has 0 saturated heterocycles. The van der Waals surface area contributed by atoms with E-state index in [4.69, 9.17) is 5.14 Å². The first-order valence-electron chi connectivity index (χ1n) is 9.27. The monoisotopic (exact) mass is 464 g/mol. The van der Waals surface area contributed by atoms with Crippen LogP contribution < -0.4 is 16.0 Å². The lowest BCUT2D eigenvalue weighted by molar-refractivity contribution is -0.115. The highest BCUT2D eigenvalue weighted by molar-refractivity contribution is 8.00. The predicted molar refractivity (Wildman–Crippen MR) is 119 cm³/mol. The first kappa shape index (κ1) is 21.0. The Balaban J connectivity index is 1.53. The summed E-state index contributed by atoms with van der Waals surface area (Å²) in [5.74, 6) is -0.286. The number of primary sulfonamides is 1. The number of nitrogens with zero attached hydrogens (tertiary/aromatic N) is 2. The van der Waals surface area contributed by atoms with E-state index in [1.165, 1.54) is 45.5 Å². The van der Waals surface area contributed by atoms with Gasteiger partial charge in [0.2, 0.25) is 15.9 Å². The summed E-state index contributed by atoms with van der Waals surface area (Å²) in [5, 5.41) is 8.49. The van der Waals surface area contributed by atoms with Crippen LogP contribution in [0.4, 0.5) is 5.69 Å². The third kappa shape index (κ3) is 3.89. The molecule has 0 radical (unpaired) electrons. The van der Waals surface area contributed by atoms with Crippen molar-refractivity contribution in [2.45, 2.75) is 41.5 Å². The van der Waals surface area contributed by atoms with Gasteiger partial charge in [-0.25, -0.2) is 18.5 Å². The van der Waals surface area contributed by atoms with Crippen LogP contribution in [-0.2, 0) is 34.7 Å². The molecule has 30 heavy (non-hydrogen) atoms. The quantitative estimate of drug-likeness (QED) is 0.441. The topological polar surface area (TPSA) is 124 Å². The van der Waals surface area contributed by atoms with Crippen LogP contribution in [0.3, 0.4) is 0 Å². The molecule has 158 valence electrons. The molecule has 1 aliphatic rings. The fourth-order valence-electron chi connectivity index (χ4n) is 3.39. The molecule has 3 N–H and O–H groups in total. The second-order valence-electron chi connectivity index (χ2n) is 7.11. The summed E-state index contributed by atoms with van der Waals surface area (Å²) in [6, 6.07) is 5.61. The number of nitrogens with two attached hydrogens (primary N) is 1. The molecule has 0 bridgehead atoms. The van der Waals surface area contributed by atoms with E-state index in [9.17, 15) is 18.0 Å². The number of benzene rings is 1. The Bertz CT molecular complexity index is 1310. The molecule has 1 aromatic carbocycles. The lowest BCUT2D eigenvalue weighted by atomic mass is 10.2. The van der Waals surface area contributed by atoms with Crippen LogP contribution in [0.15, 0.2) is 39.1 Å². The molecular formula is C19H20N4O4S3. The number of nitrogens with one attached hydrogen (secondary N) is 1. The number of carbonyl (C=O) groups excluding carboxylic acids is 1. The van der Waals surface area contributed by atoms with Gasteiger partial charge in [-0.3, -0.25) is 14.2 Å². The largest absolute Gasteiger partial charge is 0.325 e. The van der Waals surface area contributed by atoms with Crippen LogP contribution in [-0.4, -0.2) is 29.1 Å². The van der Waals surface area contributed by atoms with Crippen LogP contribution in [0.5, 0.6) is 0 Å². The van der Waals surface area contributed by atoms with Crippen molar-refractivity contribution in [2.24, 2.45) is 12.2 Å². The molecule has 0 saturated carbocycles. The number of fused-ring (bicyclic) bond motifs is 3. The Morgan fingerprint density at radius 3 is 2.67 bits per heavy atom. The van der Waals surface area contributed by atoms with Crippen molar-refractivity contribution in [3.05, 3.63) is 45.1 Å². The summed E-state index contributed by atoms with van der Waals surface area (Å²) in [6.45, 7) is 1.73. The van der Waals surface area contributed by atoms with Crippen LogP contribution in [0, 0.1) is 0 Å². The first-order chi connectivity index (χ1) is 14.1. The van der Waals surface area contributed by atoms with Gasteiger partial charge in [-0.05, 0) is 56.0 Å². The molecule has 3 aromatic rings. The summed E-state index contributed by atoms with van der Waals surface area (Å²) < 4.78 is 24.2. The van der Waals surface area contributed by atoms with E-state index in [1.807, 2.05) is 0 Å². The number of sulfonamides is 1. The fourth-order valence-corrected chi connectivity index (χ4v) is 6.09. The maximum Gasteiger partial charge on any atom is 0.262 e. The first-order valence-corrected chi connectivity index (χ1v) is 12.5. The Labute approximate surface area is 181 Å². The Kier molecular flexibility index (Phi) is 5.47. The van der Waals surface area contributed by atoms with E-state index in [-0.39, 0.29) is 16.4 Å². The molecule has 1 unspecified atom stereocenters. The zero-order valence-corrected chi connectivity index (χ0v) is 18.8. The van der Waals surface area contributed by atoms with E-state index >= 15 is 0 Å². The molecule has 0 spiro atoms. The van der Waals surface area contributed by atoms with Gasteiger partial charge >= 0.3 is 0 Å². The van der Waals surface area contributed by atoms with Crippen molar-refractivity contribution in [3.63, 3.8) is 0 Å². The summed E-state index contributed by atoms with van der Waals surface area (Å²) in [6.07, 6.45) is 2.99. The van der Waals surface area contributed by atoms with Gasteiger partial charge in [-0.2, -0.15) is 0 Å². The summed E-state index contributed by atoms with van der Waals surface area (Å²) >= 11 is 2.77. The van der Waals surface area contributed by atoms with Crippen molar-refractivity contribution >= 4 is 54.9 Å². The number of carbonyl (C=O) groups is 1. The van der Waals surface area contributed by atoms with Crippen molar-refractivity contribution in [3.8, 4) is 0 Å². The SMILES string of the molecule is CC(Sc1nc2sc3c(c2c(=O)n1C)CCC3)C(=O)Nc1ccc(S(N)(=O)=O)cc1. The number of hydrogen-bond acceptors (Lipinski definition) is 7. The molecule has 2 heterocycles. The van der Waals surface area contributed by atoms with Gasteiger partial charge in [0, 0.05) is 17.6 Å². The Hall–Kier alpha value is -2.21. The number of hydrogen-bond donors (Lipinski definition) is 2. The third-order valence-electron chi connectivity index (χ3n) is 5.01. The normalized spacial score (nSPS) is 14.6. The van der Waals surface area contributed by atoms with Crippen molar-refractivity contribution in [1.29, 1.82) is 0 Å². The van der Waals surface area contributed by atoms with Crippen molar-refractivity contribution in [1.82, 2.24) is 9.55 Å². The van der Waals surface area contributed by atoms with Crippen LogP contribution in [0.2, 0.25) is 0 Å². The maximum absolute atomic E-state index is 12.9. The molecule has 4 rings (SSSR count). The van der Waals surface area contributed by atoms with Gasteiger partial charge in [0.05, 0.1) is 15.5 Å². The second-order valence-corrected chi connectivity index (χ2v) is 11.1. The molecule has 8 nitrogen and oxygen atoms in total. The molecule has 1 aliphatic carbocycles. The average molecular weight is 465 g/mol. The molecule has 0 fully saturated rings. The van der Waals surface area contributed by atoms with Gasteiger partial charge in [0.1, 0.15) is 4.83 Å². The molecule has 1 amide bonds. The highest BCUT2D eigenvalue weighted by atomic mass is 32.2. The van der Waals surface area contributed by atoms with Crippen LogP contribution in [0.25, 0.3) is 10.2 Å². The zero-order valence-electron chi connectivity index (χ0n) is 16.3. The number of rotatable bonds is 5. The van der Waals surface area contributed by atoms with E-state index in [0.717, 1.165) is 29.7 Å². The van der Waals surface area contributed by atoms with Gasteiger partial charge < -0.3 is 5.32 Å². The molecular weight excluding hydrogens is 444 g/mol. The number of amides is 1. The van der Waals surface area contributed by atoms with Crippen molar-refractivity contribution < 1.29 is 13.2 Å². The van der Waals surface area contributed by atoms with Gasteiger partial charge in [0.15, 0.2) is 5.16 Å². The predicted octanol–water partition coefficient (Wildman–Crippen LogP) is 2.25. The minimum atomic E-state index is -3.79. The average Bonchev–Trinajstić information content (AvgIpc) is 3.26. The Morgan fingerprint density at radius 1 is 1.30 bits per heavy atom.